The van der Waals surface area contributed by atoms with E-state index in [-0.39, 0.29) is 5.91 Å². The molecular formula is C23H18N4O2. The van der Waals surface area contributed by atoms with Crippen LogP contribution in [0.4, 0.5) is 11.4 Å². The molecule has 0 heterocycles. The molecule has 0 spiro atoms. The molecule has 6 nitrogen and oxygen atoms in total. The summed E-state index contributed by atoms with van der Waals surface area (Å²) in [7, 11) is 0. The zero-order valence-corrected chi connectivity index (χ0v) is 15.7. The summed E-state index contributed by atoms with van der Waals surface area (Å²) in [5.41, 5.74) is 2.23. The predicted molar refractivity (Wildman–Crippen MR) is 111 cm³/mol. The van der Waals surface area contributed by atoms with Crippen molar-refractivity contribution in [1.29, 1.82) is 10.5 Å². The Morgan fingerprint density at radius 2 is 1.52 bits per heavy atom. The number of para-hydroxylation sites is 1. The number of benzene rings is 3. The molecule has 0 saturated carbocycles. The van der Waals surface area contributed by atoms with Gasteiger partial charge in [0.1, 0.15) is 23.6 Å². The molecule has 29 heavy (non-hydrogen) atoms. The maximum atomic E-state index is 12.4. The Morgan fingerprint density at radius 3 is 2.14 bits per heavy atom. The second-order valence-corrected chi connectivity index (χ2v) is 6.28. The molecule has 3 aromatic carbocycles. The van der Waals surface area contributed by atoms with Crippen LogP contribution < -0.4 is 15.4 Å². The predicted octanol–water partition coefficient (Wildman–Crippen LogP) is 4.66. The number of anilines is 2. The van der Waals surface area contributed by atoms with Gasteiger partial charge in [-0.2, -0.15) is 10.5 Å². The lowest BCUT2D eigenvalue weighted by Crippen LogP contribution is -2.32. The van der Waals surface area contributed by atoms with Crippen LogP contribution in [0.25, 0.3) is 0 Å². The van der Waals surface area contributed by atoms with Crippen LogP contribution >= 0.6 is 0 Å². The molecular weight excluding hydrogens is 364 g/mol. The van der Waals surface area contributed by atoms with Crippen molar-refractivity contribution in [2.24, 2.45) is 0 Å². The molecule has 0 aliphatic carbocycles. The molecule has 142 valence electrons. The van der Waals surface area contributed by atoms with E-state index in [2.05, 4.69) is 22.8 Å². The van der Waals surface area contributed by atoms with E-state index in [9.17, 15) is 4.79 Å². The van der Waals surface area contributed by atoms with Crippen molar-refractivity contribution in [1.82, 2.24) is 0 Å². The highest BCUT2D eigenvalue weighted by molar-refractivity contribution is 5.97. The summed E-state index contributed by atoms with van der Waals surface area (Å²) in [4.78, 5) is 12.4. The number of ether oxygens (including phenoxy) is 1. The lowest BCUT2D eigenvalue weighted by atomic mass is 10.2. The highest BCUT2D eigenvalue weighted by atomic mass is 16.5. The maximum Gasteiger partial charge on any atom is 0.246 e. The van der Waals surface area contributed by atoms with Crippen LogP contribution in [0.2, 0.25) is 0 Å². The van der Waals surface area contributed by atoms with Gasteiger partial charge in [-0.1, -0.05) is 12.1 Å². The second-order valence-electron chi connectivity index (χ2n) is 6.28. The Hall–Kier alpha value is -4.29. The topological polar surface area (TPSA) is 97.9 Å². The van der Waals surface area contributed by atoms with Crippen LogP contribution in [0.5, 0.6) is 11.5 Å². The molecule has 0 bridgehead atoms. The quantitative estimate of drug-likeness (QED) is 0.646. The van der Waals surface area contributed by atoms with Gasteiger partial charge in [0.05, 0.1) is 22.9 Å². The number of carbonyl (C=O) groups excluding carboxylic acids is 1. The lowest BCUT2D eigenvalue weighted by molar-refractivity contribution is -0.116. The van der Waals surface area contributed by atoms with Crippen LogP contribution in [-0.4, -0.2) is 11.9 Å². The highest BCUT2D eigenvalue weighted by Crippen LogP contribution is 2.23. The van der Waals surface area contributed by atoms with Crippen molar-refractivity contribution >= 4 is 17.3 Å². The van der Waals surface area contributed by atoms with Gasteiger partial charge in [-0.3, -0.25) is 4.79 Å². The van der Waals surface area contributed by atoms with E-state index in [4.69, 9.17) is 15.3 Å². The standard InChI is InChI=1S/C23H18N4O2/c1-16(23(28)27-22-5-3-2-4-18(22)15-25)26-19-8-12-21(13-9-19)29-20-10-6-17(14-24)7-11-20/h2-13,16,26H,1H3,(H,27,28). The minimum atomic E-state index is -0.507. The van der Waals surface area contributed by atoms with Crippen molar-refractivity contribution in [3.63, 3.8) is 0 Å². The summed E-state index contributed by atoms with van der Waals surface area (Å²) < 4.78 is 5.74. The minimum absolute atomic E-state index is 0.245. The van der Waals surface area contributed by atoms with Crippen molar-refractivity contribution < 1.29 is 9.53 Å². The molecule has 2 N–H and O–H groups in total. The number of hydrogen-bond donors (Lipinski definition) is 2. The Kier molecular flexibility index (Phi) is 6.09. The minimum Gasteiger partial charge on any atom is -0.457 e. The molecule has 0 aliphatic rings. The van der Waals surface area contributed by atoms with E-state index in [1.54, 1.807) is 67.6 Å². The van der Waals surface area contributed by atoms with Crippen molar-refractivity contribution in [2.45, 2.75) is 13.0 Å². The van der Waals surface area contributed by atoms with Gasteiger partial charge < -0.3 is 15.4 Å². The number of nitrogens with one attached hydrogen (secondary N) is 2. The maximum absolute atomic E-state index is 12.4. The Bertz CT molecular complexity index is 1080. The molecule has 3 rings (SSSR count). The van der Waals surface area contributed by atoms with E-state index in [1.165, 1.54) is 0 Å². The first-order valence-electron chi connectivity index (χ1n) is 8.93. The summed E-state index contributed by atoms with van der Waals surface area (Å²) in [6.45, 7) is 1.74. The Morgan fingerprint density at radius 1 is 0.897 bits per heavy atom. The number of nitrogens with zero attached hydrogens (tertiary/aromatic N) is 2. The first-order chi connectivity index (χ1) is 14.1. The third-order valence-electron chi connectivity index (χ3n) is 4.16. The van der Waals surface area contributed by atoms with Crippen molar-refractivity contribution in [3.05, 3.63) is 83.9 Å². The first-order valence-corrected chi connectivity index (χ1v) is 8.93. The number of hydrogen-bond acceptors (Lipinski definition) is 5. The van der Waals surface area contributed by atoms with E-state index in [0.29, 0.717) is 28.3 Å². The molecule has 1 atom stereocenters. The second kappa shape index (κ2) is 9.07. The zero-order chi connectivity index (χ0) is 20.6. The molecule has 0 aliphatic heterocycles. The Labute approximate surface area is 169 Å². The highest BCUT2D eigenvalue weighted by Gasteiger charge is 2.14. The number of amides is 1. The van der Waals surface area contributed by atoms with Gasteiger partial charge >= 0.3 is 0 Å². The fourth-order valence-corrected chi connectivity index (χ4v) is 2.60. The fourth-order valence-electron chi connectivity index (χ4n) is 2.60. The fraction of sp³-hybridized carbons (Fsp3) is 0.0870. The molecule has 3 aromatic rings. The summed E-state index contributed by atoms with van der Waals surface area (Å²) in [6, 6.07) is 24.5. The number of rotatable bonds is 6. The SMILES string of the molecule is CC(Nc1ccc(Oc2ccc(C#N)cc2)cc1)C(=O)Nc1ccccc1C#N. The third kappa shape index (κ3) is 5.12. The summed E-state index contributed by atoms with van der Waals surface area (Å²) in [6.07, 6.45) is 0. The van der Waals surface area contributed by atoms with E-state index in [1.807, 2.05) is 12.1 Å². The lowest BCUT2D eigenvalue weighted by Gasteiger charge is -2.16. The van der Waals surface area contributed by atoms with E-state index < -0.39 is 6.04 Å². The van der Waals surface area contributed by atoms with Crippen LogP contribution in [0.3, 0.4) is 0 Å². The van der Waals surface area contributed by atoms with Gasteiger partial charge in [0.25, 0.3) is 0 Å². The van der Waals surface area contributed by atoms with Gasteiger partial charge in [0, 0.05) is 5.69 Å². The smallest absolute Gasteiger partial charge is 0.246 e. The van der Waals surface area contributed by atoms with Crippen molar-refractivity contribution in [3.8, 4) is 23.6 Å². The van der Waals surface area contributed by atoms with E-state index in [0.717, 1.165) is 5.69 Å². The van der Waals surface area contributed by atoms with Gasteiger partial charge in [-0.15, -0.1) is 0 Å². The molecule has 1 unspecified atom stereocenters. The molecule has 0 fully saturated rings. The Balaban J connectivity index is 1.59. The van der Waals surface area contributed by atoms with Gasteiger partial charge in [0.15, 0.2) is 0 Å². The largest absolute Gasteiger partial charge is 0.457 e. The van der Waals surface area contributed by atoms with Gasteiger partial charge in [-0.25, -0.2) is 0 Å². The number of nitriles is 2. The van der Waals surface area contributed by atoms with Crippen LogP contribution in [0.1, 0.15) is 18.1 Å². The third-order valence-corrected chi connectivity index (χ3v) is 4.16. The normalized spacial score (nSPS) is 10.9. The average molecular weight is 382 g/mol. The zero-order valence-electron chi connectivity index (χ0n) is 15.7. The first kappa shape index (κ1) is 19.5. The van der Waals surface area contributed by atoms with Crippen LogP contribution in [-0.2, 0) is 4.79 Å². The summed E-state index contributed by atoms with van der Waals surface area (Å²) in [5, 5.41) is 23.8. The molecule has 1 amide bonds. The average Bonchev–Trinajstić information content (AvgIpc) is 2.76. The van der Waals surface area contributed by atoms with Crippen molar-refractivity contribution in [2.75, 3.05) is 10.6 Å². The van der Waals surface area contributed by atoms with Gasteiger partial charge in [-0.05, 0) is 67.6 Å². The molecule has 0 aromatic heterocycles. The van der Waals surface area contributed by atoms with Crippen LogP contribution in [0.15, 0.2) is 72.8 Å². The summed E-state index contributed by atoms with van der Waals surface area (Å²) >= 11 is 0. The molecule has 6 heteroatoms. The molecule has 0 saturated heterocycles. The van der Waals surface area contributed by atoms with Crippen LogP contribution in [0, 0.1) is 22.7 Å². The van der Waals surface area contributed by atoms with Gasteiger partial charge in [0.2, 0.25) is 5.91 Å². The number of carbonyl (C=O) groups is 1. The van der Waals surface area contributed by atoms with E-state index >= 15 is 0 Å². The summed E-state index contributed by atoms with van der Waals surface area (Å²) in [5.74, 6) is 1.03. The monoisotopic (exact) mass is 382 g/mol. The molecule has 0 radical (unpaired) electrons.